The van der Waals surface area contributed by atoms with Crippen molar-refractivity contribution in [1.29, 1.82) is 0 Å². The summed E-state index contributed by atoms with van der Waals surface area (Å²) in [5.74, 6) is 0.893. The number of hydrogen-bond donors (Lipinski definition) is 2. The van der Waals surface area contributed by atoms with Gasteiger partial charge < -0.3 is 10.0 Å². The number of benzene rings is 2. The minimum atomic E-state index is 0. The third kappa shape index (κ3) is 4.82. The number of aryl methyl sites for hydroxylation is 1. The summed E-state index contributed by atoms with van der Waals surface area (Å²) in [6.45, 7) is 4.62. The molecule has 1 aliphatic rings. The number of aliphatic hydroxyl groups is 1. The van der Waals surface area contributed by atoms with E-state index in [2.05, 4.69) is 79.4 Å². The Morgan fingerprint density at radius 3 is 2.47 bits per heavy atom. The molecule has 3 heterocycles. The monoisotopic (exact) mass is 476 g/mol. The quantitative estimate of drug-likeness (QED) is 0.436. The Hall–Kier alpha value is -3.26. The van der Waals surface area contributed by atoms with Crippen LogP contribution >= 0.6 is 12.4 Å². The van der Waals surface area contributed by atoms with Crippen LogP contribution in [0.5, 0.6) is 0 Å². The largest absolute Gasteiger partial charge is 0.392 e. The number of halogens is 1. The molecule has 4 aromatic rings. The normalized spacial score (nSPS) is 17.2. The van der Waals surface area contributed by atoms with E-state index < -0.39 is 0 Å². The van der Waals surface area contributed by atoms with Gasteiger partial charge in [-0.1, -0.05) is 54.6 Å². The van der Waals surface area contributed by atoms with Crippen molar-refractivity contribution in [3.05, 3.63) is 107 Å². The molecule has 176 valence electrons. The number of hydrogen-bond acceptors (Lipinski definition) is 6. The summed E-state index contributed by atoms with van der Waals surface area (Å²) in [5, 5.41) is 17.0. The molecule has 0 amide bonds. The fourth-order valence-corrected chi connectivity index (χ4v) is 4.73. The van der Waals surface area contributed by atoms with Gasteiger partial charge in [0.25, 0.3) is 0 Å². The number of nitrogens with one attached hydrogen (secondary N) is 1. The molecule has 2 N–H and O–H groups in total. The molecule has 2 unspecified atom stereocenters. The van der Waals surface area contributed by atoms with Gasteiger partial charge in [0.1, 0.15) is 5.82 Å². The number of anilines is 1. The van der Waals surface area contributed by atoms with Crippen LogP contribution in [0, 0.1) is 6.92 Å². The molecule has 0 spiro atoms. The zero-order chi connectivity index (χ0) is 22.6. The molecule has 0 radical (unpaired) electrons. The van der Waals surface area contributed by atoms with Crippen LogP contribution in [-0.4, -0.2) is 49.8 Å². The second-order valence-electron chi connectivity index (χ2n) is 8.43. The summed E-state index contributed by atoms with van der Waals surface area (Å²) >= 11 is 0. The first-order valence-electron chi connectivity index (χ1n) is 11.3. The smallest absolute Gasteiger partial charge is 0.147 e. The van der Waals surface area contributed by atoms with Crippen molar-refractivity contribution in [3.63, 3.8) is 0 Å². The SMILES string of the molecule is Cc1[nH]ncc1C(c1ccccc1)N1CCN(c2cnccn2)CC1c1ccc(CO)cc1.Cl. The Labute approximate surface area is 205 Å². The Bertz CT molecular complexity index is 1170. The summed E-state index contributed by atoms with van der Waals surface area (Å²) in [6, 6.07) is 19.1. The van der Waals surface area contributed by atoms with Crippen LogP contribution in [0.25, 0.3) is 0 Å². The van der Waals surface area contributed by atoms with Gasteiger partial charge >= 0.3 is 0 Å². The molecular weight excluding hydrogens is 448 g/mol. The topological polar surface area (TPSA) is 81.2 Å². The summed E-state index contributed by atoms with van der Waals surface area (Å²) in [5.41, 5.74) is 5.63. The van der Waals surface area contributed by atoms with Crippen molar-refractivity contribution in [3.8, 4) is 0 Å². The molecule has 1 saturated heterocycles. The van der Waals surface area contributed by atoms with Gasteiger partial charge in [0, 0.05) is 43.3 Å². The van der Waals surface area contributed by atoms with E-state index >= 15 is 0 Å². The molecule has 2 atom stereocenters. The third-order valence-corrected chi connectivity index (χ3v) is 6.45. The Morgan fingerprint density at radius 2 is 1.82 bits per heavy atom. The van der Waals surface area contributed by atoms with Crippen molar-refractivity contribution in [2.75, 3.05) is 24.5 Å². The van der Waals surface area contributed by atoms with Gasteiger partial charge in [0.05, 0.1) is 31.1 Å². The van der Waals surface area contributed by atoms with E-state index in [4.69, 9.17) is 0 Å². The first-order valence-corrected chi connectivity index (χ1v) is 11.3. The van der Waals surface area contributed by atoms with Gasteiger partial charge in [-0.2, -0.15) is 5.10 Å². The zero-order valence-corrected chi connectivity index (χ0v) is 19.9. The van der Waals surface area contributed by atoms with Crippen LogP contribution in [0.15, 0.2) is 79.4 Å². The van der Waals surface area contributed by atoms with E-state index in [1.807, 2.05) is 24.5 Å². The number of aromatic amines is 1. The lowest BCUT2D eigenvalue weighted by Crippen LogP contribution is -2.50. The highest BCUT2D eigenvalue weighted by Gasteiger charge is 2.36. The van der Waals surface area contributed by atoms with Crippen molar-refractivity contribution in [1.82, 2.24) is 25.1 Å². The summed E-state index contributed by atoms with van der Waals surface area (Å²) in [6.07, 6.45) is 7.23. The predicted molar refractivity (Wildman–Crippen MR) is 135 cm³/mol. The summed E-state index contributed by atoms with van der Waals surface area (Å²) in [7, 11) is 0. The Morgan fingerprint density at radius 1 is 1.03 bits per heavy atom. The highest BCUT2D eigenvalue weighted by Crippen LogP contribution is 2.39. The summed E-state index contributed by atoms with van der Waals surface area (Å²) < 4.78 is 0. The Kier molecular flexibility index (Phi) is 7.57. The minimum Gasteiger partial charge on any atom is -0.392 e. The van der Waals surface area contributed by atoms with Crippen molar-refractivity contribution >= 4 is 18.2 Å². The molecule has 0 bridgehead atoms. The van der Waals surface area contributed by atoms with Crippen LogP contribution in [0.3, 0.4) is 0 Å². The number of aromatic nitrogens is 4. The highest BCUT2D eigenvalue weighted by atomic mass is 35.5. The first kappa shape index (κ1) is 23.9. The van der Waals surface area contributed by atoms with Gasteiger partial charge in [-0.3, -0.25) is 15.0 Å². The summed E-state index contributed by atoms with van der Waals surface area (Å²) in [4.78, 5) is 13.7. The standard InChI is InChI=1S/C26H28N6O.ClH/c1-19-23(15-29-30-19)26(22-5-3-2-4-6-22)32-14-13-31(25-16-27-11-12-28-25)17-24(32)21-9-7-20(18-33)8-10-21;/h2-12,15-16,24,26,33H,13-14,17-18H2,1H3,(H,29,30);1H. The molecular formula is C26H29ClN6O. The molecule has 0 aliphatic carbocycles. The molecule has 1 aliphatic heterocycles. The molecule has 8 heteroatoms. The first-order chi connectivity index (χ1) is 16.2. The van der Waals surface area contributed by atoms with Crippen LogP contribution in [0.2, 0.25) is 0 Å². The predicted octanol–water partition coefficient (Wildman–Crippen LogP) is 4.08. The lowest BCUT2D eigenvalue weighted by Gasteiger charge is -2.46. The van der Waals surface area contributed by atoms with Crippen LogP contribution < -0.4 is 4.90 Å². The number of H-pyrrole nitrogens is 1. The second-order valence-corrected chi connectivity index (χ2v) is 8.43. The number of aliphatic hydroxyl groups excluding tert-OH is 1. The van der Waals surface area contributed by atoms with E-state index in [1.165, 1.54) is 16.7 Å². The van der Waals surface area contributed by atoms with Gasteiger partial charge in [-0.15, -0.1) is 12.4 Å². The molecule has 0 saturated carbocycles. The number of rotatable bonds is 6. The lowest BCUT2D eigenvalue weighted by molar-refractivity contribution is 0.138. The maximum absolute atomic E-state index is 9.53. The molecule has 2 aromatic heterocycles. The molecule has 1 fully saturated rings. The van der Waals surface area contributed by atoms with E-state index in [-0.39, 0.29) is 31.1 Å². The van der Waals surface area contributed by atoms with E-state index in [0.717, 1.165) is 36.7 Å². The lowest BCUT2D eigenvalue weighted by atomic mass is 9.92. The molecule has 7 nitrogen and oxygen atoms in total. The minimum absolute atomic E-state index is 0. The van der Waals surface area contributed by atoms with Crippen LogP contribution in [-0.2, 0) is 6.61 Å². The fraction of sp³-hybridized carbons (Fsp3) is 0.269. The van der Waals surface area contributed by atoms with Crippen molar-refractivity contribution < 1.29 is 5.11 Å². The van der Waals surface area contributed by atoms with Crippen LogP contribution in [0.4, 0.5) is 5.82 Å². The molecule has 2 aromatic carbocycles. The molecule has 34 heavy (non-hydrogen) atoms. The zero-order valence-electron chi connectivity index (χ0n) is 19.1. The average Bonchev–Trinajstić information content (AvgIpc) is 3.31. The second kappa shape index (κ2) is 10.8. The van der Waals surface area contributed by atoms with E-state index in [9.17, 15) is 5.11 Å². The van der Waals surface area contributed by atoms with Gasteiger partial charge in [-0.05, 0) is 23.6 Å². The van der Waals surface area contributed by atoms with Crippen LogP contribution in [0.1, 0.15) is 40.0 Å². The maximum Gasteiger partial charge on any atom is 0.147 e. The average molecular weight is 477 g/mol. The number of nitrogens with zero attached hydrogens (tertiary/aromatic N) is 5. The fourth-order valence-electron chi connectivity index (χ4n) is 4.73. The van der Waals surface area contributed by atoms with Gasteiger partial charge in [0.15, 0.2) is 0 Å². The number of piperazine rings is 1. The van der Waals surface area contributed by atoms with E-state index in [1.54, 1.807) is 12.4 Å². The third-order valence-electron chi connectivity index (χ3n) is 6.45. The van der Waals surface area contributed by atoms with E-state index in [0.29, 0.717) is 0 Å². The van der Waals surface area contributed by atoms with Gasteiger partial charge in [-0.25, -0.2) is 4.98 Å². The van der Waals surface area contributed by atoms with Crippen molar-refractivity contribution in [2.24, 2.45) is 0 Å². The Balaban J connectivity index is 0.00000274. The molecule has 5 rings (SSSR count). The van der Waals surface area contributed by atoms with Crippen molar-refractivity contribution in [2.45, 2.75) is 25.6 Å². The maximum atomic E-state index is 9.53. The van der Waals surface area contributed by atoms with Gasteiger partial charge in [0.2, 0.25) is 0 Å². The highest BCUT2D eigenvalue weighted by molar-refractivity contribution is 5.85.